The van der Waals surface area contributed by atoms with E-state index in [1.165, 1.54) is 5.56 Å². The van der Waals surface area contributed by atoms with Crippen LogP contribution in [0.3, 0.4) is 0 Å². The van der Waals surface area contributed by atoms with Crippen molar-refractivity contribution < 1.29 is 4.74 Å². The van der Waals surface area contributed by atoms with Crippen LogP contribution in [0.15, 0.2) is 42.6 Å². The van der Waals surface area contributed by atoms with E-state index in [0.717, 1.165) is 5.56 Å². The average molecular weight is 228 g/mol. The van der Waals surface area contributed by atoms with Gasteiger partial charge in [0.25, 0.3) is 0 Å². The van der Waals surface area contributed by atoms with Crippen molar-refractivity contribution in [1.82, 2.24) is 4.98 Å². The molecule has 2 aromatic rings. The third-order valence-corrected chi connectivity index (χ3v) is 2.65. The SMILES string of the molecule is Cc1ccc(C(C)Oc2cccnc2N)cc1. The molecule has 0 spiro atoms. The lowest BCUT2D eigenvalue weighted by Gasteiger charge is -2.16. The lowest BCUT2D eigenvalue weighted by molar-refractivity contribution is 0.227. The molecule has 0 aliphatic rings. The van der Waals surface area contributed by atoms with Gasteiger partial charge < -0.3 is 10.5 Å². The van der Waals surface area contributed by atoms with Crippen LogP contribution in [-0.4, -0.2) is 4.98 Å². The molecule has 0 aliphatic heterocycles. The summed E-state index contributed by atoms with van der Waals surface area (Å²) in [6.45, 7) is 4.06. The van der Waals surface area contributed by atoms with Crippen LogP contribution in [0.2, 0.25) is 0 Å². The smallest absolute Gasteiger partial charge is 0.166 e. The first-order chi connectivity index (χ1) is 8.16. The molecule has 1 aromatic carbocycles. The molecule has 17 heavy (non-hydrogen) atoms. The number of pyridine rings is 1. The van der Waals surface area contributed by atoms with Gasteiger partial charge in [0, 0.05) is 6.20 Å². The summed E-state index contributed by atoms with van der Waals surface area (Å²) in [4.78, 5) is 3.99. The number of nitrogens with zero attached hydrogens (tertiary/aromatic N) is 1. The van der Waals surface area contributed by atoms with Gasteiger partial charge in [-0.1, -0.05) is 29.8 Å². The van der Waals surface area contributed by atoms with Crippen LogP contribution in [-0.2, 0) is 0 Å². The highest BCUT2D eigenvalue weighted by molar-refractivity contribution is 5.45. The van der Waals surface area contributed by atoms with Crippen molar-refractivity contribution in [3.63, 3.8) is 0 Å². The van der Waals surface area contributed by atoms with E-state index in [0.29, 0.717) is 11.6 Å². The molecule has 0 amide bonds. The van der Waals surface area contributed by atoms with Gasteiger partial charge in [-0.05, 0) is 31.5 Å². The van der Waals surface area contributed by atoms with Gasteiger partial charge >= 0.3 is 0 Å². The van der Waals surface area contributed by atoms with Crippen molar-refractivity contribution in [3.8, 4) is 5.75 Å². The molecular formula is C14H16N2O. The van der Waals surface area contributed by atoms with E-state index in [2.05, 4.69) is 36.2 Å². The summed E-state index contributed by atoms with van der Waals surface area (Å²) >= 11 is 0. The predicted molar refractivity (Wildman–Crippen MR) is 68.9 cm³/mol. The maximum atomic E-state index is 5.78. The molecule has 3 nitrogen and oxygen atoms in total. The number of nitrogen functional groups attached to an aromatic ring is 1. The third-order valence-electron chi connectivity index (χ3n) is 2.65. The fraction of sp³-hybridized carbons (Fsp3) is 0.214. The number of aryl methyl sites for hydroxylation is 1. The van der Waals surface area contributed by atoms with Gasteiger partial charge in [-0.2, -0.15) is 0 Å². The first kappa shape index (κ1) is 11.5. The van der Waals surface area contributed by atoms with Gasteiger partial charge in [-0.25, -0.2) is 4.98 Å². The molecule has 1 unspecified atom stereocenters. The zero-order valence-corrected chi connectivity index (χ0v) is 10.1. The molecule has 88 valence electrons. The Bertz CT molecular complexity index is 494. The Kier molecular flexibility index (Phi) is 3.28. The topological polar surface area (TPSA) is 48.1 Å². The normalized spacial score (nSPS) is 12.1. The lowest BCUT2D eigenvalue weighted by atomic mass is 10.1. The Balaban J connectivity index is 2.14. The summed E-state index contributed by atoms with van der Waals surface area (Å²) in [5.74, 6) is 1.05. The molecule has 0 saturated carbocycles. The fourth-order valence-electron chi connectivity index (χ4n) is 1.60. The number of anilines is 1. The minimum Gasteiger partial charge on any atom is -0.482 e. The third kappa shape index (κ3) is 2.75. The van der Waals surface area contributed by atoms with Crippen molar-refractivity contribution in [1.29, 1.82) is 0 Å². The summed E-state index contributed by atoms with van der Waals surface area (Å²) in [6.07, 6.45) is 1.61. The quantitative estimate of drug-likeness (QED) is 0.878. The van der Waals surface area contributed by atoms with E-state index in [-0.39, 0.29) is 6.10 Å². The summed E-state index contributed by atoms with van der Waals surface area (Å²) in [5, 5.41) is 0. The van der Waals surface area contributed by atoms with E-state index >= 15 is 0 Å². The maximum absolute atomic E-state index is 5.78. The van der Waals surface area contributed by atoms with Gasteiger partial charge in [-0.15, -0.1) is 0 Å². The number of benzene rings is 1. The summed E-state index contributed by atoms with van der Waals surface area (Å²) in [6, 6.07) is 11.9. The molecule has 0 saturated heterocycles. The van der Waals surface area contributed by atoms with E-state index in [9.17, 15) is 0 Å². The first-order valence-corrected chi connectivity index (χ1v) is 5.60. The summed E-state index contributed by atoms with van der Waals surface area (Å²) < 4.78 is 5.78. The van der Waals surface area contributed by atoms with E-state index in [4.69, 9.17) is 10.5 Å². The first-order valence-electron chi connectivity index (χ1n) is 5.60. The van der Waals surface area contributed by atoms with Crippen molar-refractivity contribution in [2.24, 2.45) is 0 Å². The van der Waals surface area contributed by atoms with Crippen LogP contribution in [0.1, 0.15) is 24.2 Å². The van der Waals surface area contributed by atoms with Gasteiger partial charge in [0.05, 0.1) is 0 Å². The van der Waals surface area contributed by atoms with Crippen LogP contribution in [0, 0.1) is 6.92 Å². The Morgan fingerprint density at radius 3 is 2.53 bits per heavy atom. The number of aromatic nitrogens is 1. The maximum Gasteiger partial charge on any atom is 0.166 e. The fourth-order valence-corrected chi connectivity index (χ4v) is 1.60. The number of nitrogens with two attached hydrogens (primary N) is 1. The highest BCUT2D eigenvalue weighted by Crippen LogP contribution is 2.25. The van der Waals surface area contributed by atoms with Crippen LogP contribution in [0.25, 0.3) is 0 Å². The molecule has 2 N–H and O–H groups in total. The van der Waals surface area contributed by atoms with Crippen molar-refractivity contribution in [3.05, 3.63) is 53.7 Å². The average Bonchev–Trinajstić information content (AvgIpc) is 2.33. The van der Waals surface area contributed by atoms with Crippen molar-refractivity contribution >= 4 is 5.82 Å². The van der Waals surface area contributed by atoms with Crippen molar-refractivity contribution in [2.75, 3.05) is 5.73 Å². The molecular weight excluding hydrogens is 212 g/mol. The largest absolute Gasteiger partial charge is 0.482 e. The van der Waals surface area contributed by atoms with E-state index in [1.54, 1.807) is 6.20 Å². The number of ether oxygens (including phenoxy) is 1. The van der Waals surface area contributed by atoms with Crippen LogP contribution in [0.5, 0.6) is 5.75 Å². The van der Waals surface area contributed by atoms with Gasteiger partial charge in [0.1, 0.15) is 6.10 Å². The second kappa shape index (κ2) is 4.87. The molecule has 3 heteroatoms. The molecule has 0 radical (unpaired) electrons. The molecule has 0 aliphatic carbocycles. The molecule has 0 bridgehead atoms. The standard InChI is InChI=1S/C14H16N2O/c1-10-5-7-12(8-6-10)11(2)17-13-4-3-9-16-14(13)15/h3-9,11H,1-2H3,(H2,15,16). The lowest BCUT2D eigenvalue weighted by Crippen LogP contribution is -2.05. The second-order valence-corrected chi connectivity index (χ2v) is 4.06. The van der Waals surface area contributed by atoms with Gasteiger partial charge in [0.2, 0.25) is 0 Å². The minimum atomic E-state index is -0.0397. The highest BCUT2D eigenvalue weighted by atomic mass is 16.5. The second-order valence-electron chi connectivity index (χ2n) is 4.06. The highest BCUT2D eigenvalue weighted by Gasteiger charge is 2.09. The Morgan fingerprint density at radius 2 is 1.88 bits per heavy atom. The van der Waals surface area contributed by atoms with Crippen LogP contribution >= 0.6 is 0 Å². The van der Waals surface area contributed by atoms with Crippen molar-refractivity contribution in [2.45, 2.75) is 20.0 Å². The summed E-state index contributed by atoms with van der Waals surface area (Å²) in [5.41, 5.74) is 8.10. The van der Waals surface area contributed by atoms with Crippen LogP contribution < -0.4 is 10.5 Å². The number of hydrogen-bond donors (Lipinski definition) is 1. The molecule has 1 atom stereocenters. The Morgan fingerprint density at radius 1 is 1.18 bits per heavy atom. The summed E-state index contributed by atoms with van der Waals surface area (Å²) in [7, 11) is 0. The number of hydrogen-bond acceptors (Lipinski definition) is 3. The van der Waals surface area contributed by atoms with E-state index < -0.39 is 0 Å². The van der Waals surface area contributed by atoms with Gasteiger partial charge in [-0.3, -0.25) is 0 Å². The molecule has 1 aromatic heterocycles. The molecule has 2 rings (SSSR count). The Hall–Kier alpha value is -2.03. The Labute approximate surface area is 101 Å². The van der Waals surface area contributed by atoms with E-state index in [1.807, 2.05) is 19.1 Å². The number of rotatable bonds is 3. The molecule has 0 fully saturated rings. The zero-order valence-electron chi connectivity index (χ0n) is 10.1. The minimum absolute atomic E-state index is 0.0397. The zero-order chi connectivity index (χ0) is 12.3. The monoisotopic (exact) mass is 228 g/mol. The van der Waals surface area contributed by atoms with Gasteiger partial charge in [0.15, 0.2) is 11.6 Å². The molecule has 1 heterocycles. The predicted octanol–water partition coefficient (Wildman–Crippen LogP) is 3.11. The van der Waals surface area contributed by atoms with Crippen LogP contribution in [0.4, 0.5) is 5.82 Å².